The van der Waals surface area contributed by atoms with Crippen LogP contribution < -0.4 is 51.4 Å². The molecule has 0 radical (unpaired) electrons. The van der Waals surface area contributed by atoms with Crippen molar-refractivity contribution in [3.05, 3.63) is 4.13 Å². The van der Waals surface area contributed by atoms with Crippen LogP contribution in [0, 0.1) is 0 Å². The summed E-state index contributed by atoms with van der Waals surface area (Å²) in [7, 11) is -10.9. The zero-order valence-corrected chi connectivity index (χ0v) is 17.0. The van der Waals surface area contributed by atoms with E-state index in [0.29, 0.717) is 30.0 Å². The van der Waals surface area contributed by atoms with Crippen molar-refractivity contribution in [2.24, 2.45) is 0 Å². The SMILES string of the molecule is CCCCN(CCCC)S(=O)(=O)[N-]S(=O)(=O)C(F)(F)F.[K+]. The number of nitrogens with zero attached hydrogens (tertiary/aromatic N) is 2. The van der Waals surface area contributed by atoms with E-state index in [1.807, 2.05) is 0 Å². The minimum Gasteiger partial charge on any atom is -0.415 e. The Labute approximate surface area is 166 Å². The first kappa shape index (κ1) is 24.5. The number of unbranched alkanes of at least 4 members (excludes halogenated alkanes) is 2. The van der Waals surface area contributed by atoms with Gasteiger partial charge in [0.25, 0.3) is 0 Å². The molecule has 0 heterocycles. The van der Waals surface area contributed by atoms with Gasteiger partial charge in [-0.3, -0.25) is 0 Å². The molecule has 0 N–H and O–H groups in total. The summed E-state index contributed by atoms with van der Waals surface area (Å²) < 4.78 is 84.2. The van der Waals surface area contributed by atoms with E-state index in [4.69, 9.17) is 0 Å². The van der Waals surface area contributed by atoms with Crippen LogP contribution in [0.2, 0.25) is 0 Å². The fraction of sp³-hybridized carbons (Fsp3) is 1.00. The van der Waals surface area contributed by atoms with Gasteiger partial charge < -0.3 is 4.13 Å². The van der Waals surface area contributed by atoms with E-state index >= 15 is 0 Å². The second-order valence-corrected chi connectivity index (χ2v) is 7.50. The number of rotatable bonds is 9. The maximum Gasteiger partial charge on any atom is 1.00 e. The van der Waals surface area contributed by atoms with E-state index in [2.05, 4.69) is 4.13 Å². The molecule has 0 bridgehead atoms. The van der Waals surface area contributed by atoms with Crippen LogP contribution in [-0.4, -0.2) is 39.7 Å². The molecule has 0 atom stereocenters. The fourth-order valence-electron chi connectivity index (χ4n) is 1.22. The van der Waals surface area contributed by atoms with Crippen molar-refractivity contribution in [1.82, 2.24) is 4.31 Å². The fourth-order valence-corrected chi connectivity index (χ4v) is 3.65. The van der Waals surface area contributed by atoms with Crippen LogP contribution in [0.5, 0.6) is 0 Å². The van der Waals surface area contributed by atoms with Crippen LogP contribution in [0.3, 0.4) is 0 Å². The number of sulfonamides is 1. The standard InChI is InChI=1S/C9H18F3N2O4S2.K/c1-3-5-7-14(8-6-4-2)20(17,18)13-19(15,16)9(10,11)12;/h3-8H2,1-2H3;/q-1;+1. The van der Waals surface area contributed by atoms with Crippen LogP contribution >= 0.6 is 0 Å². The molecule has 0 aliphatic carbocycles. The molecule has 0 aromatic heterocycles. The van der Waals surface area contributed by atoms with E-state index in [-0.39, 0.29) is 64.5 Å². The Bertz CT molecular complexity index is 486. The summed E-state index contributed by atoms with van der Waals surface area (Å²) in [6, 6.07) is 0. The van der Waals surface area contributed by atoms with Gasteiger partial charge in [0.15, 0.2) is 10.0 Å². The molecule has 0 unspecified atom stereocenters. The number of alkyl halides is 3. The van der Waals surface area contributed by atoms with Crippen molar-refractivity contribution in [3.63, 3.8) is 0 Å². The Morgan fingerprint density at radius 1 is 0.952 bits per heavy atom. The Morgan fingerprint density at radius 2 is 1.33 bits per heavy atom. The molecule has 0 spiro atoms. The van der Waals surface area contributed by atoms with Crippen LogP contribution in [0.1, 0.15) is 39.5 Å². The van der Waals surface area contributed by atoms with Gasteiger partial charge in [-0.2, -0.15) is 13.2 Å². The van der Waals surface area contributed by atoms with Gasteiger partial charge in [-0.05, 0) is 12.8 Å². The third-order valence-corrected chi connectivity index (χ3v) is 5.47. The van der Waals surface area contributed by atoms with Gasteiger partial charge in [-0.25, -0.2) is 21.1 Å². The Morgan fingerprint density at radius 3 is 1.62 bits per heavy atom. The first-order valence-electron chi connectivity index (χ1n) is 6.03. The van der Waals surface area contributed by atoms with Crippen LogP contribution in [0.25, 0.3) is 4.13 Å². The molecule has 0 aromatic rings. The summed E-state index contributed by atoms with van der Waals surface area (Å²) in [5.41, 5.74) is -5.72. The van der Waals surface area contributed by atoms with Crippen molar-refractivity contribution in [1.29, 1.82) is 0 Å². The van der Waals surface area contributed by atoms with Crippen molar-refractivity contribution >= 4 is 20.2 Å². The quantitative estimate of drug-likeness (QED) is 0.500. The van der Waals surface area contributed by atoms with E-state index in [1.54, 1.807) is 13.8 Å². The minimum atomic E-state index is -6.06. The van der Waals surface area contributed by atoms with Crippen LogP contribution in [0.4, 0.5) is 13.2 Å². The average Bonchev–Trinajstić information content (AvgIpc) is 2.25. The summed E-state index contributed by atoms with van der Waals surface area (Å²) in [5.74, 6) is 0. The molecule has 0 saturated carbocycles. The van der Waals surface area contributed by atoms with Crippen molar-refractivity contribution in [2.75, 3.05) is 13.1 Å². The predicted molar refractivity (Wildman–Crippen MR) is 68.6 cm³/mol. The molecule has 0 rings (SSSR count). The maximum atomic E-state index is 12.2. The van der Waals surface area contributed by atoms with Crippen molar-refractivity contribution in [3.8, 4) is 0 Å². The summed E-state index contributed by atoms with van der Waals surface area (Å²) >= 11 is 0. The normalized spacial score (nSPS) is 13.2. The Hall–Kier alpha value is 1.25. The number of hydrogen-bond donors (Lipinski definition) is 0. The predicted octanol–water partition coefficient (Wildman–Crippen LogP) is -0.639. The summed E-state index contributed by atoms with van der Waals surface area (Å²) in [6.07, 6.45) is 2.05. The molecule has 0 fully saturated rings. The number of halogens is 3. The van der Waals surface area contributed by atoms with E-state index < -0.39 is 25.7 Å². The third kappa shape index (κ3) is 8.60. The maximum absolute atomic E-state index is 12.2. The first-order valence-corrected chi connectivity index (χ1v) is 8.87. The van der Waals surface area contributed by atoms with E-state index in [1.165, 1.54) is 0 Å². The van der Waals surface area contributed by atoms with Crippen molar-refractivity contribution < 1.29 is 81.4 Å². The largest absolute Gasteiger partial charge is 1.00 e. The average molecular weight is 378 g/mol. The summed E-state index contributed by atoms with van der Waals surface area (Å²) in [6.45, 7) is 3.42. The molecular weight excluding hydrogens is 360 g/mol. The van der Waals surface area contributed by atoms with Crippen LogP contribution in [-0.2, 0) is 20.2 Å². The van der Waals surface area contributed by atoms with E-state index in [9.17, 15) is 30.0 Å². The molecule has 122 valence electrons. The molecular formula is C9H18F3KN2O4S2. The second-order valence-electron chi connectivity index (χ2n) is 4.08. The van der Waals surface area contributed by atoms with Gasteiger partial charge in [0.05, 0.1) is 0 Å². The molecule has 0 saturated heterocycles. The van der Waals surface area contributed by atoms with Gasteiger partial charge in [0.1, 0.15) is 10.2 Å². The second kappa shape index (κ2) is 10.2. The third-order valence-electron chi connectivity index (χ3n) is 2.33. The molecule has 0 amide bonds. The molecule has 0 aliphatic heterocycles. The van der Waals surface area contributed by atoms with Gasteiger partial charge in [-0.15, -0.1) is 0 Å². The minimum absolute atomic E-state index is 0. The zero-order chi connectivity index (χ0) is 16.0. The first-order chi connectivity index (χ1) is 8.98. The molecule has 12 heteroatoms. The zero-order valence-electron chi connectivity index (χ0n) is 12.2. The smallest absolute Gasteiger partial charge is 0.415 e. The molecule has 0 aromatic carbocycles. The Kier molecular flexibility index (Phi) is 11.9. The Balaban J connectivity index is 0. The van der Waals surface area contributed by atoms with Gasteiger partial charge in [-0.1, -0.05) is 26.7 Å². The van der Waals surface area contributed by atoms with Gasteiger partial charge >= 0.3 is 56.9 Å². The summed E-state index contributed by atoms with van der Waals surface area (Å²) in [4.78, 5) is 0. The monoisotopic (exact) mass is 378 g/mol. The number of hydrogen-bond acceptors (Lipinski definition) is 4. The summed E-state index contributed by atoms with van der Waals surface area (Å²) in [5, 5.41) is 0. The van der Waals surface area contributed by atoms with Crippen molar-refractivity contribution in [2.45, 2.75) is 45.0 Å². The van der Waals surface area contributed by atoms with Gasteiger partial charge in [0, 0.05) is 13.1 Å². The molecule has 21 heavy (non-hydrogen) atoms. The topological polar surface area (TPSA) is 85.6 Å². The van der Waals surface area contributed by atoms with Crippen LogP contribution in [0.15, 0.2) is 0 Å². The van der Waals surface area contributed by atoms with E-state index in [0.717, 1.165) is 0 Å². The molecule has 6 nitrogen and oxygen atoms in total. The molecule has 0 aliphatic rings. The van der Waals surface area contributed by atoms with Gasteiger partial charge in [0.2, 0.25) is 0 Å².